The Morgan fingerprint density at radius 2 is 2.25 bits per heavy atom. The molecule has 0 saturated heterocycles. The predicted molar refractivity (Wildman–Crippen MR) is 62.0 cm³/mol. The highest BCUT2D eigenvalue weighted by atomic mass is 16.5. The standard InChI is InChI=1S/C11H17N3O2/c1-16-8-2-3-10(12)11(15)14-9-4-6-13-7-5-9/h4-7,10H,2-3,8,12H2,1H3,(H,13,14,15). The van der Waals surface area contributed by atoms with Crippen LogP contribution in [0.1, 0.15) is 12.8 Å². The van der Waals surface area contributed by atoms with E-state index in [9.17, 15) is 4.79 Å². The molecule has 0 saturated carbocycles. The molecule has 0 spiro atoms. The molecule has 1 amide bonds. The number of pyridine rings is 1. The molecule has 1 atom stereocenters. The lowest BCUT2D eigenvalue weighted by atomic mass is 10.1. The lowest BCUT2D eigenvalue weighted by molar-refractivity contribution is -0.117. The largest absolute Gasteiger partial charge is 0.385 e. The summed E-state index contributed by atoms with van der Waals surface area (Å²) in [7, 11) is 1.63. The minimum absolute atomic E-state index is 0.178. The first-order valence-corrected chi connectivity index (χ1v) is 5.19. The smallest absolute Gasteiger partial charge is 0.241 e. The number of rotatable bonds is 6. The van der Waals surface area contributed by atoms with Crippen LogP contribution in [0.3, 0.4) is 0 Å². The van der Waals surface area contributed by atoms with Gasteiger partial charge in [-0.25, -0.2) is 0 Å². The van der Waals surface area contributed by atoms with Crippen LogP contribution in [-0.2, 0) is 9.53 Å². The van der Waals surface area contributed by atoms with E-state index in [0.717, 1.165) is 6.42 Å². The summed E-state index contributed by atoms with van der Waals surface area (Å²) in [5.41, 5.74) is 6.43. The molecule has 0 aliphatic heterocycles. The number of carbonyl (C=O) groups is 1. The fourth-order valence-electron chi connectivity index (χ4n) is 1.25. The Balaban J connectivity index is 2.34. The van der Waals surface area contributed by atoms with E-state index in [2.05, 4.69) is 10.3 Å². The zero-order valence-corrected chi connectivity index (χ0v) is 9.35. The molecule has 5 nitrogen and oxygen atoms in total. The highest BCUT2D eigenvalue weighted by Crippen LogP contribution is 2.05. The summed E-state index contributed by atoms with van der Waals surface area (Å²) in [6.07, 6.45) is 4.63. The number of hydrogen-bond donors (Lipinski definition) is 2. The van der Waals surface area contributed by atoms with Crippen molar-refractivity contribution >= 4 is 11.6 Å². The van der Waals surface area contributed by atoms with Crippen LogP contribution in [0.5, 0.6) is 0 Å². The van der Waals surface area contributed by atoms with E-state index >= 15 is 0 Å². The van der Waals surface area contributed by atoms with Crippen LogP contribution in [0.25, 0.3) is 0 Å². The van der Waals surface area contributed by atoms with Crippen LogP contribution < -0.4 is 11.1 Å². The maximum atomic E-state index is 11.6. The zero-order valence-electron chi connectivity index (χ0n) is 9.35. The number of carbonyl (C=O) groups excluding carboxylic acids is 1. The van der Waals surface area contributed by atoms with Crippen molar-refractivity contribution in [3.05, 3.63) is 24.5 Å². The van der Waals surface area contributed by atoms with Gasteiger partial charge in [-0.3, -0.25) is 9.78 Å². The molecule has 1 aromatic rings. The van der Waals surface area contributed by atoms with Gasteiger partial charge in [0.2, 0.25) is 5.91 Å². The number of nitrogens with two attached hydrogens (primary N) is 1. The van der Waals surface area contributed by atoms with E-state index in [1.54, 1.807) is 31.6 Å². The maximum absolute atomic E-state index is 11.6. The fourth-order valence-corrected chi connectivity index (χ4v) is 1.25. The van der Waals surface area contributed by atoms with E-state index < -0.39 is 6.04 Å². The van der Waals surface area contributed by atoms with Crippen molar-refractivity contribution in [2.75, 3.05) is 19.0 Å². The molecule has 1 rings (SSSR count). The van der Waals surface area contributed by atoms with Crippen LogP contribution in [0, 0.1) is 0 Å². The Morgan fingerprint density at radius 1 is 1.56 bits per heavy atom. The molecule has 3 N–H and O–H groups in total. The molecule has 16 heavy (non-hydrogen) atoms. The Labute approximate surface area is 95.0 Å². The highest BCUT2D eigenvalue weighted by Gasteiger charge is 2.12. The van der Waals surface area contributed by atoms with Crippen molar-refractivity contribution < 1.29 is 9.53 Å². The van der Waals surface area contributed by atoms with Gasteiger partial charge in [-0.15, -0.1) is 0 Å². The first-order valence-electron chi connectivity index (χ1n) is 5.19. The first-order chi connectivity index (χ1) is 7.74. The van der Waals surface area contributed by atoms with Gasteiger partial charge in [-0.2, -0.15) is 0 Å². The summed E-state index contributed by atoms with van der Waals surface area (Å²) < 4.78 is 4.89. The van der Waals surface area contributed by atoms with Gasteiger partial charge in [-0.1, -0.05) is 0 Å². The average Bonchev–Trinajstić information content (AvgIpc) is 2.30. The molecule has 0 bridgehead atoms. The van der Waals surface area contributed by atoms with Crippen LogP contribution >= 0.6 is 0 Å². The molecule has 0 aromatic carbocycles. The van der Waals surface area contributed by atoms with Gasteiger partial charge in [0.05, 0.1) is 6.04 Å². The number of nitrogens with one attached hydrogen (secondary N) is 1. The monoisotopic (exact) mass is 223 g/mol. The number of hydrogen-bond acceptors (Lipinski definition) is 4. The number of amides is 1. The number of aromatic nitrogens is 1. The number of methoxy groups -OCH3 is 1. The van der Waals surface area contributed by atoms with Crippen molar-refractivity contribution in [3.63, 3.8) is 0 Å². The van der Waals surface area contributed by atoms with Gasteiger partial charge in [0.25, 0.3) is 0 Å². The van der Waals surface area contributed by atoms with Crippen molar-refractivity contribution in [1.82, 2.24) is 4.98 Å². The topological polar surface area (TPSA) is 77.2 Å². The summed E-state index contributed by atoms with van der Waals surface area (Å²) in [5.74, 6) is -0.178. The van der Waals surface area contributed by atoms with Gasteiger partial charge in [0, 0.05) is 31.8 Å². The van der Waals surface area contributed by atoms with E-state index in [4.69, 9.17) is 10.5 Å². The highest BCUT2D eigenvalue weighted by molar-refractivity contribution is 5.94. The number of nitrogens with zero attached hydrogens (tertiary/aromatic N) is 1. The second kappa shape index (κ2) is 6.92. The molecule has 0 aliphatic carbocycles. The Bertz CT molecular complexity index is 316. The SMILES string of the molecule is COCCCC(N)C(=O)Nc1ccncc1. The summed E-state index contributed by atoms with van der Waals surface area (Å²) in [6.45, 7) is 0.621. The van der Waals surface area contributed by atoms with E-state index in [0.29, 0.717) is 18.7 Å². The molecular formula is C11H17N3O2. The third-order valence-corrected chi connectivity index (χ3v) is 2.15. The van der Waals surface area contributed by atoms with E-state index in [1.807, 2.05) is 0 Å². The third kappa shape index (κ3) is 4.37. The molecule has 1 heterocycles. The van der Waals surface area contributed by atoms with Gasteiger partial charge >= 0.3 is 0 Å². The molecule has 0 radical (unpaired) electrons. The second-order valence-corrected chi connectivity index (χ2v) is 3.47. The number of anilines is 1. The van der Waals surface area contributed by atoms with Crippen LogP contribution in [0.15, 0.2) is 24.5 Å². The Hall–Kier alpha value is -1.46. The Kier molecular flexibility index (Phi) is 5.45. The normalized spacial score (nSPS) is 12.1. The number of ether oxygens (including phenoxy) is 1. The third-order valence-electron chi connectivity index (χ3n) is 2.15. The molecule has 1 aromatic heterocycles. The Morgan fingerprint density at radius 3 is 2.88 bits per heavy atom. The van der Waals surface area contributed by atoms with Crippen LogP contribution in [-0.4, -0.2) is 30.6 Å². The summed E-state index contributed by atoms with van der Waals surface area (Å²) in [6, 6.07) is 2.95. The van der Waals surface area contributed by atoms with Gasteiger partial charge in [-0.05, 0) is 25.0 Å². The molecule has 1 unspecified atom stereocenters. The summed E-state index contributed by atoms with van der Waals surface area (Å²) >= 11 is 0. The van der Waals surface area contributed by atoms with Crippen molar-refractivity contribution in [3.8, 4) is 0 Å². The van der Waals surface area contributed by atoms with Crippen molar-refractivity contribution in [1.29, 1.82) is 0 Å². The molecule has 5 heteroatoms. The van der Waals surface area contributed by atoms with E-state index in [1.165, 1.54) is 0 Å². The maximum Gasteiger partial charge on any atom is 0.241 e. The molecular weight excluding hydrogens is 206 g/mol. The van der Waals surface area contributed by atoms with Crippen molar-refractivity contribution in [2.24, 2.45) is 5.73 Å². The molecule has 0 fully saturated rings. The quantitative estimate of drug-likeness (QED) is 0.698. The van der Waals surface area contributed by atoms with Crippen LogP contribution in [0.2, 0.25) is 0 Å². The zero-order chi connectivity index (χ0) is 11.8. The fraction of sp³-hybridized carbons (Fsp3) is 0.455. The van der Waals surface area contributed by atoms with Gasteiger partial charge in [0.15, 0.2) is 0 Å². The lowest BCUT2D eigenvalue weighted by Crippen LogP contribution is -2.35. The van der Waals surface area contributed by atoms with Crippen molar-refractivity contribution in [2.45, 2.75) is 18.9 Å². The van der Waals surface area contributed by atoms with Gasteiger partial charge < -0.3 is 15.8 Å². The molecule has 88 valence electrons. The lowest BCUT2D eigenvalue weighted by Gasteiger charge is -2.11. The van der Waals surface area contributed by atoms with Gasteiger partial charge in [0.1, 0.15) is 0 Å². The minimum Gasteiger partial charge on any atom is -0.385 e. The average molecular weight is 223 g/mol. The van der Waals surface area contributed by atoms with E-state index in [-0.39, 0.29) is 5.91 Å². The second-order valence-electron chi connectivity index (χ2n) is 3.47. The summed E-state index contributed by atoms with van der Waals surface area (Å²) in [5, 5.41) is 2.72. The first kappa shape index (κ1) is 12.6. The molecule has 0 aliphatic rings. The predicted octanol–water partition coefficient (Wildman–Crippen LogP) is 0.774. The van der Waals surface area contributed by atoms with Crippen LogP contribution in [0.4, 0.5) is 5.69 Å². The summed E-state index contributed by atoms with van der Waals surface area (Å²) in [4.78, 5) is 15.5. The minimum atomic E-state index is -0.497.